The van der Waals surface area contributed by atoms with Gasteiger partial charge in [0.2, 0.25) is 0 Å². The number of esters is 1. The van der Waals surface area contributed by atoms with E-state index in [1.54, 1.807) is 17.5 Å². The van der Waals surface area contributed by atoms with Crippen molar-refractivity contribution in [2.45, 2.75) is 32.0 Å². The SMILES string of the molecule is CS/C=C\C(=O)OC(C)(C)C1Cc2cc3ccc(=O)oc3cc2O1. The molecule has 2 heterocycles. The highest BCUT2D eigenvalue weighted by atomic mass is 32.2. The molecule has 6 heteroatoms. The summed E-state index contributed by atoms with van der Waals surface area (Å²) < 4.78 is 16.7. The zero-order chi connectivity index (χ0) is 17.3. The molecule has 24 heavy (non-hydrogen) atoms. The van der Waals surface area contributed by atoms with Gasteiger partial charge in [-0.05, 0) is 43.2 Å². The average Bonchev–Trinajstić information content (AvgIpc) is 2.94. The number of ether oxygens (including phenoxy) is 2. The number of benzene rings is 1. The third kappa shape index (κ3) is 3.33. The lowest BCUT2D eigenvalue weighted by Crippen LogP contribution is -2.43. The molecule has 0 radical (unpaired) electrons. The zero-order valence-corrected chi connectivity index (χ0v) is 14.5. The smallest absolute Gasteiger partial charge is 0.336 e. The van der Waals surface area contributed by atoms with Crippen LogP contribution >= 0.6 is 11.8 Å². The summed E-state index contributed by atoms with van der Waals surface area (Å²) in [6.45, 7) is 3.66. The molecule has 1 atom stereocenters. The molecule has 0 N–H and O–H groups in total. The van der Waals surface area contributed by atoms with Crippen LogP contribution in [0.25, 0.3) is 11.0 Å². The van der Waals surface area contributed by atoms with E-state index in [1.165, 1.54) is 23.9 Å². The van der Waals surface area contributed by atoms with Gasteiger partial charge >= 0.3 is 11.6 Å². The fourth-order valence-corrected chi connectivity index (χ4v) is 2.93. The molecule has 1 aliphatic heterocycles. The maximum atomic E-state index is 11.8. The molecule has 0 aliphatic carbocycles. The van der Waals surface area contributed by atoms with Crippen LogP contribution in [0.5, 0.6) is 5.75 Å². The van der Waals surface area contributed by atoms with Gasteiger partial charge in [-0.3, -0.25) is 0 Å². The number of carbonyl (C=O) groups is 1. The van der Waals surface area contributed by atoms with Crippen LogP contribution in [-0.4, -0.2) is 23.9 Å². The molecule has 1 aromatic heterocycles. The van der Waals surface area contributed by atoms with Crippen LogP contribution in [-0.2, 0) is 16.0 Å². The number of carbonyl (C=O) groups excluding carboxylic acids is 1. The summed E-state index contributed by atoms with van der Waals surface area (Å²) in [5, 5.41) is 2.52. The molecule has 0 saturated heterocycles. The molecular formula is C18H18O5S. The molecule has 1 aromatic carbocycles. The van der Waals surface area contributed by atoms with E-state index >= 15 is 0 Å². The molecule has 0 fully saturated rings. The average molecular weight is 346 g/mol. The fourth-order valence-electron chi connectivity index (χ4n) is 2.68. The van der Waals surface area contributed by atoms with E-state index in [0.29, 0.717) is 17.8 Å². The van der Waals surface area contributed by atoms with E-state index in [1.807, 2.05) is 26.2 Å². The summed E-state index contributed by atoms with van der Waals surface area (Å²) >= 11 is 1.43. The molecule has 1 unspecified atom stereocenters. The summed E-state index contributed by atoms with van der Waals surface area (Å²) in [5.41, 5.74) is 0.308. The molecule has 1 aliphatic rings. The van der Waals surface area contributed by atoms with Crippen LogP contribution in [0.2, 0.25) is 0 Å². The quantitative estimate of drug-likeness (QED) is 0.481. The molecule has 3 rings (SSSR count). The first kappa shape index (κ1) is 16.6. The van der Waals surface area contributed by atoms with Crippen LogP contribution < -0.4 is 10.4 Å². The van der Waals surface area contributed by atoms with E-state index in [4.69, 9.17) is 13.9 Å². The second-order valence-electron chi connectivity index (χ2n) is 6.13. The Balaban J connectivity index is 1.82. The van der Waals surface area contributed by atoms with Gasteiger partial charge in [0.15, 0.2) is 0 Å². The Morgan fingerprint density at radius 2 is 2.17 bits per heavy atom. The first-order valence-electron chi connectivity index (χ1n) is 7.55. The number of fused-ring (bicyclic) bond motifs is 2. The lowest BCUT2D eigenvalue weighted by Gasteiger charge is -2.30. The number of thioether (sulfide) groups is 1. The Kier molecular flexibility index (Phi) is 4.41. The van der Waals surface area contributed by atoms with Gasteiger partial charge in [-0.2, -0.15) is 0 Å². The standard InChI is InChI=1S/C18H18O5S/c1-18(2,23-17(20)6-7-24-3)15-9-12-8-11-4-5-16(19)22-13(11)10-14(12)21-15/h4-8,10,15H,9H2,1-3H3/b7-6-. The Morgan fingerprint density at radius 3 is 2.92 bits per heavy atom. The van der Waals surface area contributed by atoms with E-state index in [9.17, 15) is 9.59 Å². The fraction of sp³-hybridized carbons (Fsp3) is 0.333. The number of rotatable bonds is 4. The summed E-state index contributed by atoms with van der Waals surface area (Å²) in [7, 11) is 0. The predicted octanol–water partition coefficient (Wildman–Crippen LogP) is 3.30. The third-order valence-electron chi connectivity index (χ3n) is 3.96. The van der Waals surface area contributed by atoms with Crippen LogP contribution in [0.15, 0.2) is 45.0 Å². The van der Waals surface area contributed by atoms with Crippen molar-refractivity contribution in [3.8, 4) is 5.75 Å². The van der Waals surface area contributed by atoms with Gasteiger partial charge in [0.25, 0.3) is 0 Å². The van der Waals surface area contributed by atoms with Crippen molar-refractivity contribution in [3.05, 3.63) is 51.7 Å². The maximum absolute atomic E-state index is 11.8. The van der Waals surface area contributed by atoms with Crippen molar-refractivity contribution >= 4 is 28.7 Å². The van der Waals surface area contributed by atoms with E-state index < -0.39 is 17.2 Å². The molecular weight excluding hydrogens is 328 g/mol. The van der Waals surface area contributed by atoms with Crippen molar-refractivity contribution in [2.24, 2.45) is 0 Å². The molecule has 0 bridgehead atoms. The highest BCUT2D eigenvalue weighted by Crippen LogP contribution is 2.37. The van der Waals surface area contributed by atoms with Crippen molar-refractivity contribution in [2.75, 3.05) is 6.26 Å². The normalized spacial score (nSPS) is 17.0. The molecule has 0 amide bonds. The second-order valence-corrected chi connectivity index (χ2v) is 6.87. The van der Waals surface area contributed by atoms with E-state index in [2.05, 4.69) is 0 Å². The summed E-state index contributed by atoms with van der Waals surface area (Å²) in [6, 6.07) is 6.79. The molecule has 0 saturated carbocycles. The summed E-state index contributed by atoms with van der Waals surface area (Å²) in [4.78, 5) is 23.2. The Bertz CT molecular complexity index is 865. The minimum absolute atomic E-state index is 0.303. The number of hydrogen-bond acceptors (Lipinski definition) is 6. The highest BCUT2D eigenvalue weighted by molar-refractivity contribution is 8.01. The lowest BCUT2D eigenvalue weighted by atomic mass is 9.96. The van der Waals surface area contributed by atoms with Crippen LogP contribution in [0.3, 0.4) is 0 Å². The zero-order valence-electron chi connectivity index (χ0n) is 13.7. The van der Waals surface area contributed by atoms with Gasteiger partial charge in [0, 0.05) is 30.0 Å². The minimum atomic E-state index is -0.786. The van der Waals surface area contributed by atoms with Gasteiger partial charge in [0.05, 0.1) is 0 Å². The first-order valence-corrected chi connectivity index (χ1v) is 8.83. The molecule has 5 nitrogen and oxygen atoms in total. The maximum Gasteiger partial charge on any atom is 0.336 e. The minimum Gasteiger partial charge on any atom is -0.485 e. The van der Waals surface area contributed by atoms with Crippen molar-refractivity contribution in [1.29, 1.82) is 0 Å². The van der Waals surface area contributed by atoms with Crippen LogP contribution in [0, 0.1) is 0 Å². The topological polar surface area (TPSA) is 65.7 Å². The van der Waals surface area contributed by atoms with Crippen molar-refractivity contribution < 1.29 is 18.7 Å². The van der Waals surface area contributed by atoms with E-state index in [0.717, 1.165) is 10.9 Å². The number of hydrogen-bond donors (Lipinski definition) is 0. The summed E-state index contributed by atoms with van der Waals surface area (Å²) in [5.74, 6) is 0.260. The molecule has 2 aromatic rings. The Hall–Kier alpha value is -2.21. The van der Waals surface area contributed by atoms with Gasteiger partial charge in [0.1, 0.15) is 23.0 Å². The largest absolute Gasteiger partial charge is 0.485 e. The first-order chi connectivity index (χ1) is 11.4. The summed E-state index contributed by atoms with van der Waals surface area (Å²) in [6.07, 6.45) is 3.59. The third-order valence-corrected chi connectivity index (χ3v) is 4.36. The van der Waals surface area contributed by atoms with Gasteiger partial charge in [-0.1, -0.05) is 0 Å². The van der Waals surface area contributed by atoms with Crippen molar-refractivity contribution in [1.82, 2.24) is 0 Å². The van der Waals surface area contributed by atoms with Gasteiger partial charge in [-0.15, -0.1) is 11.8 Å². The Morgan fingerprint density at radius 1 is 1.38 bits per heavy atom. The van der Waals surface area contributed by atoms with E-state index in [-0.39, 0.29) is 6.10 Å². The van der Waals surface area contributed by atoms with Crippen LogP contribution in [0.4, 0.5) is 0 Å². The molecule has 0 spiro atoms. The predicted molar refractivity (Wildman–Crippen MR) is 93.4 cm³/mol. The molecule has 126 valence electrons. The lowest BCUT2D eigenvalue weighted by molar-refractivity contribution is -0.158. The monoisotopic (exact) mass is 346 g/mol. The highest BCUT2D eigenvalue weighted by Gasteiger charge is 2.39. The Labute approximate surface area is 143 Å². The van der Waals surface area contributed by atoms with Gasteiger partial charge in [-0.25, -0.2) is 9.59 Å². The van der Waals surface area contributed by atoms with Gasteiger partial charge < -0.3 is 13.9 Å². The second kappa shape index (κ2) is 6.36. The van der Waals surface area contributed by atoms with Crippen LogP contribution in [0.1, 0.15) is 19.4 Å². The van der Waals surface area contributed by atoms with Crippen molar-refractivity contribution in [3.63, 3.8) is 0 Å².